The van der Waals surface area contributed by atoms with Crippen molar-refractivity contribution in [2.24, 2.45) is 0 Å². The third-order valence-corrected chi connectivity index (χ3v) is 4.31. The number of hydrogen-bond donors (Lipinski definition) is 2. The van der Waals surface area contributed by atoms with E-state index in [0.29, 0.717) is 16.9 Å². The van der Waals surface area contributed by atoms with Gasteiger partial charge in [-0.15, -0.1) is 0 Å². The predicted octanol–water partition coefficient (Wildman–Crippen LogP) is 3.61. The second-order valence-corrected chi connectivity index (χ2v) is 7.02. The molecule has 0 bridgehead atoms. The molecule has 1 heterocycles. The predicted molar refractivity (Wildman–Crippen MR) is 95.7 cm³/mol. The molecular formula is C17H22N4OS. The summed E-state index contributed by atoms with van der Waals surface area (Å²) in [6.45, 7) is 7.89. The van der Waals surface area contributed by atoms with Crippen LogP contribution in [0.3, 0.4) is 0 Å². The van der Waals surface area contributed by atoms with Crippen LogP contribution in [0.5, 0.6) is 0 Å². The Kier molecular flexibility index (Phi) is 5.60. The van der Waals surface area contributed by atoms with E-state index in [0.717, 1.165) is 16.9 Å². The molecule has 3 N–H and O–H groups in total. The van der Waals surface area contributed by atoms with Gasteiger partial charge in [-0.1, -0.05) is 43.8 Å². The standard InChI is InChI=1S/C17H22N4OS/c1-10(2)13-7-5-6-8-14(13)20-16(22)12(4)23-17-19-11(3)9-15(18)21-17/h5-10,12H,1-4H3,(H,20,22)(H2,18,19,21)/t12-/m0/s1. The van der Waals surface area contributed by atoms with Crippen LogP contribution in [0, 0.1) is 6.92 Å². The molecule has 0 aliphatic rings. The number of carbonyl (C=O) groups is 1. The monoisotopic (exact) mass is 330 g/mol. The van der Waals surface area contributed by atoms with Crippen molar-refractivity contribution < 1.29 is 4.79 Å². The number of nitrogens with zero attached hydrogens (tertiary/aromatic N) is 2. The molecular weight excluding hydrogens is 308 g/mol. The number of rotatable bonds is 5. The summed E-state index contributed by atoms with van der Waals surface area (Å²) in [5.41, 5.74) is 8.48. The molecule has 1 aromatic heterocycles. The average molecular weight is 330 g/mol. The smallest absolute Gasteiger partial charge is 0.237 e. The van der Waals surface area contributed by atoms with Crippen molar-refractivity contribution in [1.82, 2.24) is 9.97 Å². The lowest BCUT2D eigenvalue weighted by Gasteiger charge is -2.16. The zero-order valence-electron chi connectivity index (χ0n) is 13.8. The van der Waals surface area contributed by atoms with E-state index in [-0.39, 0.29) is 11.2 Å². The second-order valence-electron chi connectivity index (χ2n) is 5.71. The number of aromatic nitrogens is 2. The van der Waals surface area contributed by atoms with Crippen LogP contribution in [0.25, 0.3) is 0 Å². The molecule has 0 unspecified atom stereocenters. The molecule has 0 radical (unpaired) electrons. The number of thioether (sulfide) groups is 1. The van der Waals surface area contributed by atoms with Gasteiger partial charge >= 0.3 is 0 Å². The summed E-state index contributed by atoms with van der Waals surface area (Å²) < 4.78 is 0. The highest BCUT2D eigenvalue weighted by Gasteiger charge is 2.18. The van der Waals surface area contributed by atoms with Gasteiger partial charge in [0.25, 0.3) is 0 Å². The highest BCUT2D eigenvalue weighted by Crippen LogP contribution is 2.26. The van der Waals surface area contributed by atoms with Gasteiger partial charge in [0.2, 0.25) is 5.91 Å². The molecule has 0 aliphatic carbocycles. The molecule has 6 heteroatoms. The average Bonchev–Trinajstić information content (AvgIpc) is 2.46. The minimum Gasteiger partial charge on any atom is -0.384 e. The van der Waals surface area contributed by atoms with Gasteiger partial charge in [0, 0.05) is 17.4 Å². The molecule has 0 saturated heterocycles. The first-order valence-corrected chi connectivity index (χ1v) is 8.42. The summed E-state index contributed by atoms with van der Waals surface area (Å²) in [6.07, 6.45) is 0. The Labute approximate surface area is 141 Å². The molecule has 1 aromatic carbocycles. The maximum absolute atomic E-state index is 12.4. The quantitative estimate of drug-likeness (QED) is 0.646. The Morgan fingerprint density at radius 1 is 1.22 bits per heavy atom. The number of hydrogen-bond acceptors (Lipinski definition) is 5. The number of carbonyl (C=O) groups excluding carboxylic acids is 1. The molecule has 0 saturated carbocycles. The van der Waals surface area contributed by atoms with Gasteiger partial charge in [-0.25, -0.2) is 9.97 Å². The largest absolute Gasteiger partial charge is 0.384 e. The molecule has 2 aromatic rings. The van der Waals surface area contributed by atoms with Crippen LogP contribution < -0.4 is 11.1 Å². The number of para-hydroxylation sites is 1. The topological polar surface area (TPSA) is 80.9 Å². The summed E-state index contributed by atoms with van der Waals surface area (Å²) in [7, 11) is 0. The van der Waals surface area contributed by atoms with E-state index in [1.54, 1.807) is 6.07 Å². The first-order chi connectivity index (χ1) is 10.9. The van der Waals surface area contributed by atoms with E-state index in [9.17, 15) is 4.79 Å². The second kappa shape index (κ2) is 7.46. The maximum atomic E-state index is 12.4. The lowest BCUT2D eigenvalue weighted by Crippen LogP contribution is -2.23. The van der Waals surface area contributed by atoms with Crippen molar-refractivity contribution in [2.75, 3.05) is 11.1 Å². The Hall–Kier alpha value is -2.08. The summed E-state index contributed by atoms with van der Waals surface area (Å²) in [5, 5.41) is 3.19. The van der Waals surface area contributed by atoms with Crippen molar-refractivity contribution in [3.05, 3.63) is 41.6 Å². The highest BCUT2D eigenvalue weighted by molar-refractivity contribution is 8.00. The minimum absolute atomic E-state index is 0.0771. The SMILES string of the molecule is Cc1cc(N)nc(S[C@@H](C)C(=O)Nc2ccccc2C(C)C)n1. The van der Waals surface area contributed by atoms with E-state index in [4.69, 9.17) is 5.73 Å². The first-order valence-electron chi connectivity index (χ1n) is 7.54. The number of anilines is 2. The number of nitrogen functional groups attached to an aromatic ring is 1. The van der Waals surface area contributed by atoms with Crippen molar-refractivity contribution in [1.29, 1.82) is 0 Å². The lowest BCUT2D eigenvalue weighted by atomic mass is 10.0. The van der Waals surface area contributed by atoms with E-state index in [2.05, 4.69) is 29.1 Å². The van der Waals surface area contributed by atoms with Gasteiger partial charge < -0.3 is 11.1 Å². The van der Waals surface area contributed by atoms with Gasteiger partial charge in [-0.3, -0.25) is 4.79 Å². The van der Waals surface area contributed by atoms with Gasteiger partial charge in [0.05, 0.1) is 5.25 Å². The highest BCUT2D eigenvalue weighted by atomic mass is 32.2. The first kappa shape index (κ1) is 17.3. The van der Waals surface area contributed by atoms with Crippen LogP contribution >= 0.6 is 11.8 Å². The van der Waals surface area contributed by atoms with Gasteiger partial charge in [-0.05, 0) is 31.4 Å². The molecule has 23 heavy (non-hydrogen) atoms. The molecule has 2 rings (SSSR count). The number of aryl methyl sites for hydroxylation is 1. The molecule has 1 atom stereocenters. The number of nitrogens with one attached hydrogen (secondary N) is 1. The molecule has 0 aliphatic heterocycles. The zero-order chi connectivity index (χ0) is 17.0. The van der Waals surface area contributed by atoms with Crippen molar-refractivity contribution in [3.63, 3.8) is 0 Å². The summed E-state index contributed by atoms with van der Waals surface area (Å²) in [4.78, 5) is 20.9. The fourth-order valence-corrected chi connectivity index (χ4v) is 3.01. The Morgan fingerprint density at radius 2 is 1.91 bits per heavy atom. The molecule has 5 nitrogen and oxygen atoms in total. The zero-order valence-corrected chi connectivity index (χ0v) is 14.6. The van der Waals surface area contributed by atoms with Gasteiger partial charge in [0.1, 0.15) is 5.82 Å². The van der Waals surface area contributed by atoms with Crippen LogP contribution in [-0.2, 0) is 4.79 Å². The van der Waals surface area contributed by atoms with E-state index in [1.165, 1.54) is 11.8 Å². The van der Waals surface area contributed by atoms with E-state index >= 15 is 0 Å². The number of benzene rings is 1. The molecule has 122 valence electrons. The lowest BCUT2D eigenvalue weighted by molar-refractivity contribution is -0.115. The van der Waals surface area contributed by atoms with Crippen molar-refractivity contribution in [3.8, 4) is 0 Å². The molecule has 0 fully saturated rings. The van der Waals surface area contributed by atoms with Crippen LogP contribution in [0.1, 0.15) is 37.9 Å². The van der Waals surface area contributed by atoms with Crippen LogP contribution in [0.4, 0.5) is 11.5 Å². The van der Waals surface area contributed by atoms with Crippen LogP contribution in [0.15, 0.2) is 35.5 Å². The van der Waals surface area contributed by atoms with E-state index in [1.807, 2.05) is 38.1 Å². The fourth-order valence-electron chi connectivity index (χ4n) is 2.18. The fraction of sp³-hybridized carbons (Fsp3) is 0.353. The number of nitrogens with two attached hydrogens (primary N) is 1. The summed E-state index contributed by atoms with van der Waals surface area (Å²) >= 11 is 1.30. The number of amides is 1. The van der Waals surface area contributed by atoms with Crippen molar-refractivity contribution in [2.45, 2.75) is 44.0 Å². The minimum atomic E-state index is -0.323. The van der Waals surface area contributed by atoms with Crippen LogP contribution in [-0.4, -0.2) is 21.1 Å². The maximum Gasteiger partial charge on any atom is 0.237 e. The van der Waals surface area contributed by atoms with Crippen LogP contribution in [0.2, 0.25) is 0 Å². The normalized spacial score (nSPS) is 12.2. The van der Waals surface area contributed by atoms with E-state index < -0.39 is 0 Å². The van der Waals surface area contributed by atoms with Gasteiger partial charge in [-0.2, -0.15) is 0 Å². The summed E-state index contributed by atoms with van der Waals surface area (Å²) in [5.74, 6) is 0.680. The third kappa shape index (κ3) is 4.69. The molecule has 0 spiro atoms. The van der Waals surface area contributed by atoms with Gasteiger partial charge in [0.15, 0.2) is 5.16 Å². The summed E-state index contributed by atoms with van der Waals surface area (Å²) in [6, 6.07) is 9.55. The third-order valence-electron chi connectivity index (χ3n) is 3.35. The Bertz CT molecular complexity index is 682. The van der Waals surface area contributed by atoms with Crippen molar-refractivity contribution >= 4 is 29.2 Å². The Balaban J connectivity index is 2.08. The Morgan fingerprint density at radius 3 is 2.57 bits per heavy atom. The molecule has 1 amide bonds.